The van der Waals surface area contributed by atoms with Crippen LogP contribution in [-0.2, 0) is 4.79 Å². The zero-order chi connectivity index (χ0) is 18.8. The van der Waals surface area contributed by atoms with Gasteiger partial charge in [-0.15, -0.1) is 0 Å². The van der Waals surface area contributed by atoms with Gasteiger partial charge in [-0.1, -0.05) is 6.42 Å². The molecule has 7 heteroatoms. The van der Waals surface area contributed by atoms with E-state index in [9.17, 15) is 4.79 Å². The number of rotatable bonds is 4. The Hall–Kier alpha value is -2.70. The van der Waals surface area contributed by atoms with E-state index in [1.807, 2.05) is 30.9 Å². The van der Waals surface area contributed by atoms with Crippen LogP contribution in [0, 0.1) is 19.8 Å². The highest BCUT2D eigenvalue weighted by molar-refractivity contribution is 5.79. The van der Waals surface area contributed by atoms with E-state index in [0.717, 1.165) is 56.1 Å². The molecule has 2 aliphatic rings. The number of piperazine rings is 1. The SMILES string of the molecule is Cc1ncccc1Oc1ncnc(N2CCN(C(=O)C3CCC3)CC2)c1C. The maximum absolute atomic E-state index is 12.4. The molecule has 142 valence electrons. The first-order valence-corrected chi connectivity index (χ1v) is 9.58. The van der Waals surface area contributed by atoms with Crippen molar-refractivity contribution in [1.29, 1.82) is 0 Å². The zero-order valence-electron chi connectivity index (χ0n) is 15.9. The van der Waals surface area contributed by atoms with Crippen molar-refractivity contribution in [1.82, 2.24) is 19.9 Å². The van der Waals surface area contributed by atoms with E-state index < -0.39 is 0 Å². The van der Waals surface area contributed by atoms with Crippen LogP contribution in [0.15, 0.2) is 24.7 Å². The lowest BCUT2D eigenvalue weighted by molar-refractivity contribution is -0.138. The second kappa shape index (κ2) is 7.50. The molecule has 1 saturated carbocycles. The molecule has 3 heterocycles. The predicted octanol–water partition coefficient (Wildman–Crippen LogP) is 2.73. The summed E-state index contributed by atoms with van der Waals surface area (Å²) in [6.45, 7) is 6.93. The molecule has 7 nitrogen and oxygen atoms in total. The van der Waals surface area contributed by atoms with Crippen LogP contribution < -0.4 is 9.64 Å². The Kier molecular flexibility index (Phi) is 4.92. The Morgan fingerprint density at radius 1 is 1.11 bits per heavy atom. The van der Waals surface area contributed by atoms with Crippen LogP contribution in [0.1, 0.15) is 30.5 Å². The Balaban J connectivity index is 1.45. The first-order chi connectivity index (χ1) is 13.1. The molecule has 1 saturated heterocycles. The average molecular weight is 367 g/mol. The molecule has 2 fully saturated rings. The second-order valence-corrected chi connectivity index (χ2v) is 7.26. The van der Waals surface area contributed by atoms with Gasteiger partial charge in [-0.25, -0.2) is 9.97 Å². The van der Waals surface area contributed by atoms with Gasteiger partial charge in [0.2, 0.25) is 11.8 Å². The number of pyridine rings is 1. The third kappa shape index (κ3) is 3.59. The van der Waals surface area contributed by atoms with E-state index in [1.54, 1.807) is 6.20 Å². The van der Waals surface area contributed by atoms with Crippen molar-refractivity contribution in [3.05, 3.63) is 35.9 Å². The number of hydrogen-bond donors (Lipinski definition) is 0. The molecule has 1 aliphatic carbocycles. The van der Waals surface area contributed by atoms with Crippen molar-refractivity contribution in [3.8, 4) is 11.6 Å². The molecular formula is C20H25N5O2. The van der Waals surface area contributed by atoms with Gasteiger partial charge in [0.05, 0.1) is 11.3 Å². The first-order valence-electron chi connectivity index (χ1n) is 9.58. The average Bonchev–Trinajstić information content (AvgIpc) is 2.64. The largest absolute Gasteiger partial charge is 0.437 e. The summed E-state index contributed by atoms with van der Waals surface area (Å²) >= 11 is 0. The number of aromatic nitrogens is 3. The third-order valence-corrected chi connectivity index (χ3v) is 5.52. The molecule has 0 spiro atoms. The van der Waals surface area contributed by atoms with Gasteiger partial charge in [0.25, 0.3) is 0 Å². The van der Waals surface area contributed by atoms with Crippen LogP contribution in [0.2, 0.25) is 0 Å². The van der Waals surface area contributed by atoms with E-state index in [2.05, 4.69) is 19.9 Å². The number of aryl methyl sites for hydroxylation is 1. The Morgan fingerprint density at radius 2 is 1.89 bits per heavy atom. The van der Waals surface area contributed by atoms with E-state index in [4.69, 9.17) is 4.74 Å². The Labute approximate surface area is 159 Å². The molecule has 0 radical (unpaired) electrons. The quantitative estimate of drug-likeness (QED) is 0.827. The minimum Gasteiger partial charge on any atom is -0.437 e. The number of nitrogens with zero attached hydrogens (tertiary/aromatic N) is 5. The summed E-state index contributed by atoms with van der Waals surface area (Å²) < 4.78 is 5.98. The van der Waals surface area contributed by atoms with Crippen LogP contribution >= 0.6 is 0 Å². The van der Waals surface area contributed by atoms with Crippen LogP contribution in [0.25, 0.3) is 0 Å². The van der Waals surface area contributed by atoms with Crippen LogP contribution in [0.3, 0.4) is 0 Å². The molecule has 1 aliphatic heterocycles. The minimum atomic E-state index is 0.264. The lowest BCUT2D eigenvalue weighted by atomic mass is 9.84. The second-order valence-electron chi connectivity index (χ2n) is 7.26. The molecule has 0 atom stereocenters. The van der Waals surface area contributed by atoms with Crippen molar-refractivity contribution >= 4 is 11.7 Å². The zero-order valence-corrected chi connectivity index (χ0v) is 15.9. The van der Waals surface area contributed by atoms with Gasteiger partial charge < -0.3 is 14.5 Å². The van der Waals surface area contributed by atoms with Gasteiger partial charge in [-0.05, 0) is 38.8 Å². The van der Waals surface area contributed by atoms with Gasteiger partial charge in [0.1, 0.15) is 12.1 Å². The summed E-state index contributed by atoms with van der Waals surface area (Å²) in [5.41, 5.74) is 1.72. The number of ether oxygens (including phenoxy) is 1. The summed E-state index contributed by atoms with van der Waals surface area (Å²) in [4.78, 5) is 29.7. The lowest BCUT2D eigenvalue weighted by Gasteiger charge is -2.39. The molecule has 2 aromatic rings. The maximum Gasteiger partial charge on any atom is 0.227 e. The molecular weight excluding hydrogens is 342 g/mol. The smallest absolute Gasteiger partial charge is 0.227 e. The Bertz CT molecular complexity index is 829. The molecule has 0 bridgehead atoms. The summed E-state index contributed by atoms with van der Waals surface area (Å²) in [5, 5.41) is 0. The third-order valence-electron chi connectivity index (χ3n) is 5.52. The summed E-state index contributed by atoms with van der Waals surface area (Å²) in [6, 6.07) is 3.73. The first kappa shape index (κ1) is 17.7. The van der Waals surface area contributed by atoms with E-state index in [0.29, 0.717) is 17.5 Å². The highest BCUT2D eigenvalue weighted by Crippen LogP contribution is 2.31. The Morgan fingerprint density at radius 3 is 2.56 bits per heavy atom. The van der Waals surface area contributed by atoms with Crippen LogP contribution in [0.5, 0.6) is 11.6 Å². The number of amides is 1. The topological polar surface area (TPSA) is 71.5 Å². The fourth-order valence-corrected chi connectivity index (χ4v) is 3.58. The molecule has 1 amide bonds. The number of anilines is 1. The van der Waals surface area contributed by atoms with Crippen molar-refractivity contribution in [2.24, 2.45) is 5.92 Å². The normalized spacial score (nSPS) is 17.6. The van der Waals surface area contributed by atoms with Gasteiger partial charge in [-0.2, -0.15) is 0 Å². The fourth-order valence-electron chi connectivity index (χ4n) is 3.58. The van der Waals surface area contributed by atoms with E-state index in [1.165, 1.54) is 12.7 Å². The number of carbonyl (C=O) groups is 1. The van der Waals surface area contributed by atoms with E-state index in [-0.39, 0.29) is 5.92 Å². The molecule has 2 aromatic heterocycles. The van der Waals surface area contributed by atoms with Crippen LogP contribution in [0.4, 0.5) is 5.82 Å². The van der Waals surface area contributed by atoms with Gasteiger partial charge in [0.15, 0.2) is 5.75 Å². The maximum atomic E-state index is 12.4. The molecule has 0 unspecified atom stereocenters. The van der Waals surface area contributed by atoms with Crippen molar-refractivity contribution in [2.45, 2.75) is 33.1 Å². The molecule has 4 rings (SSSR count). The van der Waals surface area contributed by atoms with Crippen molar-refractivity contribution < 1.29 is 9.53 Å². The molecule has 27 heavy (non-hydrogen) atoms. The van der Waals surface area contributed by atoms with Crippen LogP contribution in [-0.4, -0.2) is 51.9 Å². The van der Waals surface area contributed by atoms with Gasteiger partial charge >= 0.3 is 0 Å². The minimum absolute atomic E-state index is 0.264. The van der Waals surface area contributed by atoms with Gasteiger partial charge in [-0.3, -0.25) is 9.78 Å². The molecule has 0 aromatic carbocycles. The van der Waals surface area contributed by atoms with Crippen molar-refractivity contribution in [2.75, 3.05) is 31.1 Å². The highest BCUT2D eigenvalue weighted by atomic mass is 16.5. The van der Waals surface area contributed by atoms with Gasteiger partial charge in [0, 0.05) is 38.3 Å². The summed E-state index contributed by atoms with van der Waals surface area (Å²) in [7, 11) is 0. The van der Waals surface area contributed by atoms with E-state index >= 15 is 0 Å². The summed E-state index contributed by atoms with van der Waals surface area (Å²) in [5.74, 6) is 2.71. The lowest BCUT2D eigenvalue weighted by Crippen LogP contribution is -2.51. The van der Waals surface area contributed by atoms with Crippen molar-refractivity contribution in [3.63, 3.8) is 0 Å². The number of hydrogen-bond acceptors (Lipinski definition) is 6. The fraction of sp³-hybridized carbons (Fsp3) is 0.500. The monoisotopic (exact) mass is 367 g/mol. The summed E-state index contributed by atoms with van der Waals surface area (Å²) in [6.07, 6.45) is 6.58. The highest BCUT2D eigenvalue weighted by Gasteiger charge is 2.31. The standard InChI is InChI=1S/C20H25N5O2/c1-14-18(22-13-23-19(14)27-17-7-4-8-21-15(17)2)24-9-11-25(12-10-24)20(26)16-5-3-6-16/h4,7-8,13,16H,3,5-6,9-12H2,1-2H3. The molecule has 0 N–H and O–H groups in total. The predicted molar refractivity (Wildman–Crippen MR) is 102 cm³/mol. The number of carbonyl (C=O) groups excluding carboxylic acids is 1.